The van der Waals surface area contributed by atoms with E-state index in [4.69, 9.17) is 15.7 Å². The van der Waals surface area contributed by atoms with Gasteiger partial charge in [-0.15, -0.1) is 0 Å². The lowest BCUT2D eigenvalue weighted by atomic mass is 10.2. The first-order chi connectivity index (χ1) is 10.0. The van der Waals surface area contributed by atoms with E-state index in [0.29, 0.717) is 22.8 Å². The van der Waals surface area contributed by atoms with E-state index in [-0.39, 0.29) is 11.7 Å². The molecule has 0 amide bonds. The summed E-state index contributed by atoms with van der Waals surface area (Å²) in [5.41, 5.74) is 7.73. The van der Waals surface area contributed by atoms with Gasteiger partial charge in [-0.2, -0.15) is 5.26 Å². The number of benzene rings is 2. The minimum Gasteiger partial charge on any atom is -0.489 e. The molecule has 108 valence electrons. The van der Waals surface area contributed by atoms with Gasteiger partial charge in [-0.05, 0) is 44.2 Å². The van der Waals surface area contributed by atoms with E-state index in [1.807, 2.05) is 19.9 Å². The number of nitrogens with zero attached hydrogens (tertiary/aromatic N) is 1. The molecule has 3 N–H and O–H groups in total. The lowest BCUT2D eigenvalue weighted by molar-refractivity contribution is 0.244. The molecule has 4 nitrogen and oxygen atoms in total. The topological polar surface area (TPSA) is 71.1 Å². The molecule has 0 spiro atoms. The van der Waals surface area contributed by atoms with Gasteiger partial charge >= 0.3 is 0 Å². The van der Waals surface area contributed by atoms with Crippen LogP contribution in [-0.4, -0.2) is 6.10 Å². The van der Waals surface area contributed by atoms with Crippen LogP contribution in [0.25, 0.3) is 0 Å². The molecule has 0 bridgehead atoms. The lowest BCUT2D eigenvalue weighted by Gasteiger charge is -2.16. The zero-order chi connectivity index (χ0) is 15.4. The van der Waals surface area contributed by atoms with Gasteiger partial charge in [0.05, 0.1) is 23.0 Å². The predicted octanol–water partition coefficient (Wildman–Crippen LogP) is 3.81. The third-order valence-corrected chi connectivity index (χ3v) is 2.79. The highest BCUT2D eigenvalue weighted by molar-refractivity contribution is 5.77. The number of nitrogens with two attached hydrogens (primary N) is 1. The maximum absolute atomic E-state index is 13.3. The predicted molar refractivity (Wildman–Crippen MR) is 81.0 cm³/mol. The first-order valence-electron chi connectivity index (χ1n) is 6.53. The summed E-state index contributed by atoms with van der Waals surface area (Å²) in [7, 11) is 0. The largest absolute Gasteiger partial charge is 0.489 e. The average molecular weight is 285 g/mol. The van der Waals surface area contributed by atoms with Crippen molar-refractivity contribution in [1.29, 1.82) is 5.26 Å². The van der Waals surface area contributed by atoms with E-state index in [0.717, 1.165) is 0 Å². The van der Waals surface area contributed by atoms with Crippen molar-refractivity contribution in [1.82, 2.24) is 0 Å². The monoisotopic (exact) mass is 285 g/mol. The normalized spacial score (nSPS) is 10.2. The fourth-order valence-electron chi connectivity index (χ4n) is 1.85. The molecule has 0 saturated heterocycles. The summed E-state index contributed by atoms with van der Waals surface area (Å²) in [6.07, 6.45) is 0.0126. The van der Waals surface area contributed by atoms with Crippen LogP contribution in [0.2, 0.25) is 0 Å². The van der Waals surface area contributed by atoms with Crippen LogP contribution in [0.15, 0.2) is 36.4 Å². The molecule has 0 aromatic heterocycles. The smallest absolute Gasteiger partial charge is 0.144 e. The van der Waals surface area contributed by atoms with Crippen molar-refractivity contribution in [3.8, 4) is 11.8 Å². The van der Waals surface area contributed by atoms with E-state index in [9.17, 15) is 4.39 Å². The SMILES string of the molecule is CC(C)Oc1cccc(Nc2ccc(F)c(C#N)c2)c1N. The van der Waals surface area contributed by atoms with Gasteiger partial charge in [0.1, 0.15) is 17.6 Å². The second-order valence-electron chi connectivity index (χ2n) is 4.82. The van der Waals surface area contributed by atoms with Gasteiger partial charge in [-0.25, -0.2) is 4.39 Å². The Labute approximate surface area is 123 Å². The number of nitriles is 1. The standard InChI is InChI=1S/C16H16FN3O/c1-10(2)21-15-5-3-4-14(16(15)19)20-12-6-7-13(17)11(8-12)9-18/h3-8,10,20H,19H2,1-2H3. The summed E-state index contributed by atoms with van der Waals surface area (Å²) in [5, 5.41) is 11.9. The molecule has 0 aliphatic heterocycles. The van der Waals surface area contributed by atoms with Crippen molar-refractivity contribution >= 4 is 17.1 Å². The molecule has 0 radical (unpaired) electrons. The second-order valence-corrected chi connectivity index (χ2v) is 4.82. The van der Waals surface area contributed by atoms with Crippen LogP contribution in [0, 0.1) is 17.1 Å². The number of para-hydroxylation sites is 1. The van der Waals surface area contributed by atoms with Crippen LogP contribution >= 0.6 is 0 Å². The first-order valence-corrected chi connectivity index (χ1v) is 6.53. The second kappa shape index (κ2) is 6.14. The van der Waals surface area contributed by atoms with E-state index in [1.165, 1.54) is 12.1 Å². The van der Waals surface area contributed by atoms with E-state index < -0.39 is 5.82 Å². The van der Waals surface area contributed by atoms with Crippen molar-refractivity contribution < 1.29 is 9.13 Å². The molecule has 2 aromatic rings. The summed E-state index contributed by atoms with van der Waals surface area (Å²) in [5.74, 6) is 0.0329. The van der Waals surface area contributed by atoms with E-state index in [2.05, 4.69) is 5.32 Å². The molecule has 0 atom stereocenters. The molecule has 2 aromatic carbocycles. The van der Waals surface area contributed by atoms with Gasteiger partial charge < -0.3 is 15.8 Å². The van der Waals surface area contributed by atoms with Crippen LogP contribution in [0.3, 0.4) is 0 Å². The third kappa shape index (κ3) is 3.42. The molecule has 0 saturated carbocycles. The van der Waals surface area contributed by atoms with Gasteiger partial charge in [0.2, 0.25) is 0 Å². The Hall–Kier alpha value is -2.74. The summed E-state index contributed by atoms with van der Waals surface area (Å²) >= 11 is 0. The summed E-state index contributed by atoms with van der Waals surface area (Å²) < 4.78 is 18.9. The van der Waals surface area contributed by atoms with Gasteiger partial charge in [-0.3, -0.25) is 0 Å². The molecule has 0 unspecified atom stereocenters. The number of rotatable bonds is 4. The van der Waals surface area contributed by atoms with Crippen LogP contribution in [0.1, 0.15) is 19.4 Å². The Balaban J connectivity index is 2.30. The van der Waals surface area contributed by atoms with Crippen LogP contribution in [0.4, 0.5) is 21.5 Å². The Morgan fingerprint density at radius 1 is 1.29 bits per heavy atom. The Bertz CT molecular complexity index is 692. The highest BCUT2D eigenvalue weighted by Gasteiger charge is 2.09. The minimum atomic E-state index is -0.548. The van der Waals surface area contributed by atoms with Gasteiger partial charge in [-0.1, -0.05) is 6.07 Å². The number of hydrogen-bond donors (Lipinski definition) is 2. The molecule has 0 aliphatic rings. The number of anilines is 3. The number of nitrogens with one attached hydrogen (secondary N) is 1. The zero-order valence-corrected chi connectivity index (χ0v) is 11.9. The molecule has 0 fully saturated rings. The highest BCUT2D eigenvalue weighted by atomic mass is 19.1. The summed E-state index contributed by atoms with van der Waals surface area (Å²) in [4.78, 5) is 0. The van der Waals surface area contributed by atoms with Crippen LogP contribution < -0.4 is 15.8 Å². The molecular weight excluding hydrogens is 269 g/mol. The fraction of sp³-hybridized carbons (Fsp3) is 0.188. The fourth-order valence-corrected chi connectivity index (χ4v) is 1.85. The van der Waals surface area contributed by atoms with Crippen molar-refractivity contribution in [3.63, 3.8) is 0 Å². The van der Waals surface area contributed by atoms with Gasteiger partial charge in [0.25, 0.3) is 0 Å². The van der Waals surface area contributed by atoms with Crippen LogP contribution in [0.5, 0.6) is 5.75 Å². The van der Waals surface area contributed by atoms with E-state index >= 15 is 0 Å². The lowest BCUT2D eigenvalue weighted by Crippen LogP contribution is -2.08. The molecule has 0 heterocycles. The number of halogens is 1. The Morgan fingerprint density at radius 2 is 2.05 bits per heavy atom. The number of nitrogen functional groups attached to an aromatic ring is 1. The van der Waals surface area contributed by atoms with Gasteiger partial charge in [0, 0.05) is 5.69 Å². The van der Waals surface area contributed by atoms with Crippen molar-refractivity contribution in [2.45, 2.75) is 20.0 Å². The molecule has 0 aliphatic carbocycles. The number of hydrogen-bond acceptors (Lipinski definition) is 4. The van der Waals surface area contributed by atoms with Crippen molar-refractivity contribution in [2.75, 3.05) is 11.1 Å². The summed E-state index contributed by atoms with van der Waals surface area (Å²) in [6.45, 7) is 3.83. The third-order valence-electron chi connectivity index (χ3n) is 2.79. The summed E-state index contributed by atoms with van der Waals surface area (Å²) in [6, 6.07) is 11.4. The van der Waals surface area contributed by atoms with Crippen LogP contribution in [-0.2, 0) is 0 Å². The highest BCUT2D eigenvalue weighted by Crippen LogP contribution is 2.32. The first kappa shape index (κ1) is 14.7. The minimum absolute atomic E-state index is 0.0126. The van der Waals surface area contributed by atoms with E-state index in [1.54, 1.807) is 24.3 Å². The quantitative estimate of drug-likeness (QED) is 0.838. The maximum Gasteiger partial charge on any atom is 0.144 e. The zero-order valence-electron chi connectivity index (χ0n) is 11.9. The average Bonchev–Trinajstić information content (AvgIpc) is 2.44. The molecule has 21 heavy (non-hydrogen) atoms. The maximum atomic E-state index is 13.3. The van der Waals surface area contributed by atoms with Gasteiger partial charge in [0.15, 0.2) is 0 Å². The Kier molecular flexibility index (Phi) is 4.29. The van der Waals surface area contributed by atoms with Crippen molar-refractivity contribution in [3.05, 3.63) is 47.8 Å². The number of ether oxygens (including phenoxy) is 1. The molecule has 5 heteroatoms. The molecule has 2 rings (SSSR count). The Morgan fingerprint density at radius 3 is 2.71 bits per heavy atom. The van der Waals surface area contributed by atoms with Crippen molar-refractivity contribution in [2.24, 2.45) is 0 Å². The molecular formula is C16H16FN3O.